The third kappa shape index (κ3) is 3.27. The molecule has 2 fully saturated rings. The van der Waals surface area contributed by atoms with Crippen molar-refractivity contribution in [2.24, 2.45) is 0 Å². The first kappa shape index (κ1) is 15.7. The summed E-state index contributed by atoms with van der Waals surface area (Å²) in [6.45, 7) is 4.19. The van der Waals surface area contributed by atoms with Gasteiger partial charge in [0.05, 0.1) is 25.8 Å². The highest BCUT2D eigenvalue weighted by molar-refractivity contribution is 7.98. The van der Waals surface area contributed by atoms with E-state index in [2.05, 4.69) is 21.8 Å². The van der Waals surface area contributed by atoms with Crippen LogP contribution in [0.1, 0.15) is 13.3 Å². The average molecular weight is 330 g/mol. The summed E-state index contributed by atoms with van der Waals surface area (Å²) in [5.74, 6) is -1.25. The minimum atomic E-state index is -2.63. The molecule has 2 aliphatic heterocycles. The van der Waals surface area contributed by atoms with Gasteiger partial charge in [0.1, 0.15) is 11.6 Å². The lowest BCUT2D eigenvalue weighted by Crippen LogP contribution is -2.44. The Balaban J connectivity index is 1.89. The lowest BCUT2D eigenvalue weighted by atomic mass is 10.2. The predicted octanol–water partition coefficient (Wildman–Crippen LogP) is 2.27. The second kappa shape index (κ2) is 6.16. The maximum atomic E-state index is 13.5. The summed E-state index contributed by atoms with van der Waals surface area (Å²) in [5, 5.41) is 0.612. The van der Waals surface area contributed by atoms with Crippen molar-refractivity contribution in [2.75, 3.05) is 48.9 Å². The van der Waals surface area contributed by atoms with Crippen molar-refractivity contribution in [1.82, 2.24) is 9.97 Å². The smallest absolute Gasteiger partial charge is 0.266 e. The van der Waals surface area contributed by atoms with E-state index in [9.17, 15) is 8.78 Å². The minimum Gasteiger partial charge on any atom is -0.377 e. The van der Waals surface area contributed by atoms with E-state index in [1.165, 1.54) is 11.8 Å². The molecule has 1 aromatic rings. The van der Waals surface area contributed by atoms with Crippen molar-refractivity contribution in [2.45, 2.75) is 30.5 Å². The van der Waals surface area contributed by atoms with Crippen molar-refractivity contribution >= 4 is 23.4 Å². The van der Waals surface area contributed by atoms with Gasteiger partial charge in [0.2, 0.25) is 0 Å². The van der Waals surface area contributed by atoms with E-state index >= 15 is 0 Å². The van der Waals surface area contributed by atoms with Gasteiger partial charge < -0.3 is 14.5 Å². The molecule has 0 spiro atoms. The Kier molecular flexibility index (Phi) is 4.40. The summed E-state index contributed by atoms with van der Waals surface area (Å²) < 4.78 is 32.4. The van der Waals surface area contributed by atoms with Gasteiger partial charge >= 0.3 is 0 Å². The molecule has 2 aliphatic rings. The van der Waals surface area contributed by atoms with E-state index in [1.54, 1.807) is 4.90 Å². The fourth-order valence-corrected chi connectivity index (χ4v) is 3.17. The molecule has 122 valence electrons. The molecule has 0 aromatic carbocycles. The maximum absolute atomic E-state index is 13.5. The Morgan fingerprint density at radius 3 is 2.73 bits per heavy atom. The predicted molar refractivity (Wildman–Crippen MR) is 83.2 cm³/mol. The number of thioether (sulfide) groups is 1. The molecular formula is C14H20F2N4OS. The highest BCUT2D eigenvalue weighted by Gasteiger charge is 2.39. The molecule has 1 atom stereocenters. The number of morpholine rings is 1. The second-order valence-electron chi connectivity index (χ2n) is 5.72. The van der Waals surface area contributed by atoms with Crippen LogP contribution in [-0.4, -0.2) is 61.0 Å². The number of alkyl halides is 2. The largest absolute Gasteiger partial charge is 0.377 e. The van der Waals surface area contributed by atoms with Gasteiger partial charge in [0.15, 0.2) is 5.16 Å². The lowest BCUT2D eigenvalue weighted by molar-refractivity contribution is 0.0256. The van der Waals surface area contributed by atoms with E-state index in [1.807, 2.05) is 12.3 Å². The molecule has 0 bridgehead atoms. The molecule has 3 heterocycles. The van der Waals surface area contributed by atoms with E-state index in [-0.39, 0.29) is 19.0 Å². The quantitative estimate of drug-likeness (QED) is 0.626. The molecule has 0 radical (unpaired) electrons. The van der Waals surface area contributed by atoms with Crippen molar-refractivity contribution in [3.8, 4) is 0 Å². The number of hydrogen-bond donors (Lipinski definition) is 0. The second-order valence-corrected chi connectivity index (χ2v) is 6.49. The first-order valence-electron chi connectivity index (χ1n) is 7.39. The van der Waals surface area contributed by atoms with Gasteiger partial charge in [-0.1, -0.05) is 11.8 Å². The molecular weight excluding hydrogens is 310 g/mol. The molecule has 1 aromatic heterocycles. The van der Waals surface area contributed by atoms with Crippen LogP contribution in [0.5, 0.6) is 0 Å². The third-order valence-corrected chi connectivity index (χ3v) is 4.56. The number of halogens is 2. The summed E-state index contributed by atoms with van der Waals surface area (Å²) in [7, 11) is 0. The molecule has 3 rings (SSSR count). The molecule has 0 saturated carbocycles. The summed E-state index contributed by atoms with van der Waals surface area (Å²) in [4.78, 5) is 12.8. The van der Waals surface area contributed by atoms with Crippen LogP contribution < -0.4 is 9.80 Å². The van der Waals surface area contributed by atoms with Crippen LogP contribution in [0.2, 0.25) is 0 Å². The summed E-state index contributed by atoms with van der Waals surface area (Å²) in [6.07, 6.45) is 1.78. The number of aromatic nitrogens is 2. The molecule has 8 heteroatoms. The standard InChI is InChI=1S/C14H20F2N4OS/c1-10-8-21-6-5-20(10)12-7-11(17-13(18-12)22-2)19-4-3-14(15,16)9-19/h7,10H,3-6,8-9H2,1-2H3/t10-/m1/s1. The number of ether oxygens (including phenoxy) is 1. The van der Waals surface area contributed by atoms with Gasteiger partial charge in [-0.3, -0.25) is 0 Å². The molecule has 0 N–H and O–H groups in total. The van der Waals surface area contributed by atoms with Gasteiger partial charge in [0.25, 0.3) is 5.92 Å². The van der Waals surface area contributed by atoms with Crippen molar-refractivity contribution in [3.63, 3.8) is 0 Å². The van der Waals surface area contributed by atoms with E-state index in [0.717, 1.165) is 12.4 Å². The van der Waals surface area contributed by atoms with Crippen molar-refractivity contribution in [3.05, 3.63) is 6.07 Å². The molecule has 22 heavy (non-hydrogen) atoms. The molecule has 0 amide bonds. The number of anilines is 2. The highest BCUT2D eigenvalue weighted by Crippen LogP contribution is 2.32. The summed E-state index contributed by atoms with van der Waals surface area (Å²) in [5.41, 5.74) is 0. The van der Waals surface area contributed by atoms with Gasteiger partial charge in [-0.2, -0.15) is 0 Å². The van der Waals surface area contributed by atoms with Crippen LogP contribution in [0.3, 0.4) is 0 Å². The highest BCUT2D eigenvalue weighted by atomic mass is 32.2. The summed E-state index contributed by atoms with van der Waals surface area (Å²) >= 11 is 1.43. The Morgan fingerprint density at radius 1 is 1.32 bits per heavy atom. The number of hydrogen-bond acceptors (Lipinski definition) is 6. The van der Waals surface area contributed by atoms with Crippen LogP contribution >= 0.6 is 11.8 Å². The van der Waals surface area contributed by atoms with Crippen molar-refractivity contribution < 1.29 is 13.5 Å². The van der Waals surface area contributed by atoms with Crippen LogP contribution in [0.25, 0.3) is 0 Å². The Morgan fingerprint density at radius 2 is 2.09 bits per heavy atom. The Bertz CT molecular complexity index is 546. The maximum Gasteiger partial charge on any atom is 0.266 e. The third-order valence-electron chi connectivity index (χ3n) is 4.02. The fourth-order valence-electron chi connectivity index (χ4n) is 2.80. The monoisotopic (exact) mass is 330 g/mol. The molecule has 2 saturated heterocycles. The molecule has 5 nitrogen and oxygen atoms in total. The first-order chi connectivity index (χ1) is 10.5. The summed E-state index contributed by atoms with van der Waals surface area (Å²) in [6, 6.07) is 2.04. The lowest BCUT2D eigenvalue weighted by Gasteiger charge is -2.34. The van der Waals surface area contributed by atoms with E-state index in [0.29, 0.717) is 30.7 Å². The minimum absolute atomic E-state index is 0.116. The zero-order chi connectivity index (χ0) is 15.7. The number of rotatable bonds is 3. The fraction of sp³-hybridized carbons (Fsp3) is 0.714. The Hall–Kier alpha value is -1.15. The van der Waals surface area contributed by atoms with Crippen LogP contribution in [0.4, 0.5) is 20.4 Å². The average Bonchev–Trinajstić information content (AvgIpc) is 2.87. The van der Waals surface area contributed by atoms with E-state index < -0.39 is 5.92 Å². The van der Waals surface area contributed by atoms with Crippen LogP contribution in [-0.2, 0) is 4.74 Å². The molecule has 0 unspecified atom stereocenters. The van der Waals surface area contributed by atoms with Crippen LogP contribution in [0.15, 0.2) is 11.2 Å². The van der Waals surface area contributed by atoms with Gasteiger partial charge in [0, 0.05) is 25.6 Å². The molecule has 0 aliphatic carbocycles. The van der Waals surface area contributed by atoms with Crippen LogP contribution in [0, 0.1) is 0 Å². The van der Waals surface area contributed by atoms with Crippen molar-refractivity contribution in [1.29, 1.82) is 0 Å². The SMILES string of the molecule is CSc1nc(N2CCC(F)(F)C2)cc(N2CCOC[C@H]2C)n1. The normalized spacial score (nSPS) is 24.8. The van der Waals surface area contributed by atoms with Gasteiger partial charge in [-0.05, 0) is 13.2 Å². The van der Waals surface area contributed by atoms with Gasteiger partial charge in [-0.15, -0.1) is 0 Å². The zero-order valence-corrected chi connectivity index (χ0v) is 13.6. The first-order valence-corrected chi connectivity index (χ1v) is 8.61. The van der Waals surface area contributed by atoms with E-state index in [4.69, 9.17) is 4.74 Å². The van der Waals surface area contributed by atoms with Gasteiger partial charge in [-0.25, -0.2) is 18.7 Å². The Labute approximate surface area is 133 Å². The zero-order valence-electron chi connectivity index (χ0n) is 12.8. The number of nitrogens with zero attached hydrogens (tertiary/aromatic N) is 4. The topological polar surface area (TPSA) is 41.5 Å².